The molecule has 25 heavy (non-hydrogen) atoms. The molecule has 0 aliphatic rings. The smallest absolute Gasteiger partial charge is 0.191 e. The zero-order chi connectivity index (χ0) is 17.6. The van der Waals surface area contributed by atoms with Crippen LogP contribution in [0.4, 0.5) is 0 Å². The maximum Gasteiger partial charge on any atom is 0.191 e. The monoisotopic (exact) mass is 492 g/mol. The SMILES string of the molecule is CN=C(NCCc1csc(C)n1)NCC(C)(C)c1ccccc1Cl.I. The van der Waals surface area contributed by atoms with E-state index in [1.54, 1.807) is 18.4 Å². The zero-order valence-corrected chi connectivity index (χ0v) is 19.0. The van der Waals surface area contributed by atoms with Crippen LogP contribution in [0.15, 0.2) is 34.6 Å². The number of hydrogen-bond donors (Lipinski definition) is 2. The van der Waals surface area contributed by atoms with Crippen molar-refractivity contribution in [1.82, 2.24) is 15.6 Å². The van der Waals surface area contributed by atoms with Crippen molar-refractivity contribution in [2.45, 2.75) is 32.6 Å². The maximum atomic E-state index is 6.33. The van der Waals surface area contributed by atoms with Gasteiger partial charge in [0, 0.05) is 42.4 Å². The molecule has 138 valence electrons. The number of nitrogens with zero attached hydrogens (tertiary/aromatic N) is 2. The minimum Gasteiger partial charge on any atom is -0.356 e. The fraction of sp³-hybridized carbons (Fsp3) is 0.444. The standard InChI is InChI=1S/C18H25ClN4S.HI/c1-13-23-14(11-24-13)9-10-21-17(20-4)22-12-18(2,3)15-7-5-6-8-16(15)19;/h5-8,11H,9-10,12H2,1-4H3,(H2,20,21,22);1H. The van der Waals surface area contributed by atoms with Gasteiger partial charge in [0.25, 0.3) is 0 Å². The van der Waals surface area contributed by atoms with Crippen molar-refractivity contribution in [3.63, 3.8) is 0 Å². The molecule has 2 rings (SSSR count). The van der Waals surface area contributed by atoms with Gasteiger partial charge in [-0.1, -0.05) is 43.6 Å². The lowest BCUT2D eigenvalue weighted by atomic mass is 9.84. The average Bonchev–Trinajstić information content (AvgIpc) is 2.96. The first kappa shape index (κ1) is 22.2. The van der Waals surface area contributed by atoms with Gasteiger partial charge in [-0.25, -0.2) is 4.98 Å². The molecule has 0 unspecified atom stereocenters. The summed E-state index contributed by atoms with van der Waals surface area (Å²) in [5.41, 5.74) is 2.16. The highest BCUT2D eigenvalue weighted by molar-refractivity contribution is 14.0. The number of rotatable bonds is 6. The van der Waals surface area contributed by atoms with E-state index >= 15 is 0 Å². The summed E-state index contributed by atoms with van der Waals surface area (Å²) in [5.74, 6) is 0.794. The van der Waals surface area contributed by atoms with E-state index in [1.807, 2.05) is 25.1 Å². The summed E-state index contributed by atoms with van der Waals surface area (Å²) in [7, 11) is 1.78. The molecule has 0 aliphatic heterocycles. The summed E-state index contributed by atoms with van der Waals surface area (Å²) in [5, 5.41) is 10.7. The Morgan fingerprint density at radius 1 is 1.28 bits per heavy atom. The van der Waals surface area contributed by atoms with Crippen LogP contribution in [0.5, 0.6) is 0 Å². The molecule has 7 heteroatoms. The Balaban J connectivity index is 0.00000312. The highest BCUT2D eigenvalue weighted by Gasteiger charge is 2.23. The number of aliphatic imine (C=N–C) groups is 1. The molecule has 0 bridgehead atoms. The molecule has 0 radical (unpaired) electrons. The quantitative estimate of drug-likeness (QED) is 0.357. The highest BCUT2D eigenvalue weighted by atomic mass is 127. The number of guanidine groups is 1. The molecular formula is C18H26ClIN4S. The summed E-state index contributed by atoms with van der Waals surface area (Å²) >= 11 is 8.02. The Bertz CT molecular complexity index is 700. The van der Waals surface area contributed by atoms with E-state index in [0.717, 1.165) is 46.8 Å². The van der Waals surface area contributed by atoms with Gasteiger partial charge in [-0.2, -0.15) is 0 Å². The van der Waals surface area contributed by atoms with Gasteiger partial charge >= 0.3 is 0 Å². The Morgan fingerprint density at radius 3 is 2.60 bits per heavy atom. The molecule has 0 saturated carbocycles. The van der Waals surface area contributed by atoms with Gasteiger partial charge in [0.1, 0.15) is 0 Å². The molecule has 0 atom stereocenters. The second-order valence-electron chi connectivity index (χ2n) is 6.32. The van der Waals surface area contributed by atoms with Crippen LogP contribution < -0.4 is 10.6 Å². The highest BCUT2D eigenvalue weighted by Crippen LogP contribution is 2.28. The van der Waals surface area contributed by atoms with Crippen LogP contribution >= 0.6 is 46.9 Å². The summed E-state index contributed by atoms with van der Waals surface area (Å²) in [4.78, 5) is 8.76. The van der Waals surface area contributed by atoms with Crippen LogP contribution in [0.25, 0.3) is 0 Å². The number of thiazole rings is 1. The predicted molar refractivity (Wildman–Crippen MR) is 120 cm³/mol. The van der Waals surface area contributed by atoms with E-state index in [4.69, 9.17) is 11.6 Å². The largest absolute Gasteiger partial charge is 0.356 e. The predicted octanol–water partition coefficient (Wildman–Crippen LogP) is 4.41. The van der Waals surface area contributed by atoms with E-state index in [-0.39, 0.29) is 29.4 Å². The van der Waals surface area contributed by atoms with Crippen molar-refractivity contribution in [3.05, 3.63) is 50.9 Å². The second-order valence-corrected chi connectivity index (χ2v) is 7.79. The van der Waals surface area contributed by atoms with E-state index in [9.17, 15) is 0 Å². The van der Waals surface area contributed by atoms with Crippen LogP contribution in [0, 0.1) is 6.92 Å². The molecule has 2 N–H and O–H groups in total. The molecule has 4 nitrogen and oxygen atoms in total. The molecule has 1 heterocycles. The van der Waals surface area contributed by atoms with Crippen molar-refractivity contribution < 1.29 is 0 Å². The van der Waals surface area contributed by atoms with Crippen molar-refractivity contribution in [2.24, 2.45) is 4.99 Å². The lowest BCUT2D eigenvalue weighted by Gasteiger charge is -2.27. The van der Waals surface area contributed by atoms with E-state index in [1.165, 1.54) is 0 Å². The Hall–Kier alpha value is -0.860. The summed E-state index contributed by atoms with van der Waals surface area (Å²) in [6.45, 7) is 7.92. The number of hydrogen-bond acceptors (Lipinski definition) is 3. The summed E-state index contributed by atoms with van der Waals surface area (Å²) in [6.07, 6.45) is 0.888. The van der Waals surface area contributed by atoms with Gasteiger partial charge in [-0.3, -0.25) is 4.99 Å². The topological polar surface area (TPSA) is 49.3 Å². The number of nitrogens with one attached hydrogen (secondary N) is 2. The minimum atomic E-state index is -0.0952. The molecule has 0 aliphatic carbocycles. The van der Waals surface area contributed by atoms with Crippen molar-refractivity contribution in [3.8, 4) is 0 Å². The molecule has 0 fully saturated rings. The van der Waals surface area contributed by atoms with Crippen molar-refractivity contribution in [2.75, 3.05) is 20.1 Å². The fourth-order valence-electron chi connectivity index (χ4n) is 2.46. The molecule has 0 saturated heterocycles. The van der Waals surface area contributed by atoms with Crippen LogP contribution in [0.3, 0.4) is 0 Å². The normalized spacial score (nSPS) is 11.8. The van der Waals surface area contributed by atoms with Gasteiger partial charge < -0.3 is 10.6 Å². The van der Waals surface area contributed by atoms with Crippen LogP contribution in [0.1, 0.15) is 30.1 Å². The van der Waals surface area contributed by atoms with Crippen LogP contribution in [-0.4, -0.2) is 31.1 Å². The van der Waals surface area contributed by atoms with Gasteiger partial charge in [0.15, 0.2) is 5.96 Å². The van der Waals surface area contributed by atoms with Crippen LogP contribution in [0.2, 0.25) is 5.02 Å². The van der Waals surface area contributed by atoms with E-state index in [2.05, 4.69) is 45.9 Å². The molecular weight excluding hydrogens is 467 g/mol. The Morgan fingerprint density at radius 2 is 2.00 bits per heavy atom. The molecule has 1 aromatic heterocycles. The van der Waals surface area contributed by atoms with Crippen molar-refractivity contribution >= 4 is 52.9 Å². The number of halogens is 2. The first-order valence-electron chi connectivity index (χ1n) is 8.03. The number of aromatic nitrogens is 1. The maximum absolute atomic E-state index is 6.33. The van der Waals surface area contributed by atoms with E-state index in [0.29, 0.717) is 0 Å². The summed E-state index contributed by atoms with van der Waals surface area (Å²) in [6, 6.07) is 7.98. The average molecular weight is 493 g/mol. The van der Waals surface area contributed by atoms with Gasteiger partial charge in [0.2, 0.25) is 0 Å². The van der Waals surface area contributed by atoms with Crippen LogP contribution in [-0.2, 0) is 11.8 Å². The lowest BCUT2D eigenvalue weighted by molar-refractivity contribution is 0.509. The fourth-order valence-corrected chi connectivity index (χ4v) is 3.50. The zero-order valence-electron chi connectivity index (χ0n) is 15.1. The molecule has 0 amide bonds. The van der Waals surface area contributed by atoms with Gasteiger partial charge in [-0.05, 0) is 18.6 Å². The minimum absolute atomic E-state index is 0. The third-order valence-corrected chi connectivity index (χ3v) is 5.02. The molecule has 0 spiro atoms. The van der Waals surface area contributed by atoms with Gasteiger partial charge in [-0.15, -0.1) is 35.3 Å². The van der Waals surface area contributed by atoms with Gasteiger partial charge in [0.05, 0.1) is 10.7 Å². The van der Waals surface area contributed by atoms with Crippen molar-refractivity contribution in [1.29, 1.82) is 0 Å². The van der Waals surface area contributed by atoms with E-state index < -0.39 is 0 Å². The second kappa shape index (κ2) is 10.3. The summed E-state index contributed by atoms with van der Waals surface area (Å²) < 4.78 is 0. The molecule has 1 aromatic carbocycles. The first-order valence-corrected chi connectivity index (χ1v) is 9.28. The number of aryl methyl sites for hydroxylation is 1. The Kier molecular flexibility index (Phi) is 9.16. The third-order valence-electron chi connectivity index (χ3n) is 3.86. The third kappa shape index (κ3) is 6.75. The Labute approximate surface area is 176 Å². The lowest BCUT2D eigenvalue weighted by Crippen LogP contribution is -2.44. The first-order chi connectivity index (χ1) is 11.4. The number of benzene rings is 1. The molecule has 2 aromatic rings.